The maximum atomic E-state index is 12.9. The van der Waals surface area contributed by atoms with E-state index in [1.54, 1.807) is 6.92 Å². The lowest BCUT2D eigenvalue weighted by Gasteiger charge is -2.11. The first-order valence-corrected chi connectivity index (χ1v) is 7.89. The van der Waals surface area contributed by atoms with Crippen molar-refractivity contribution in [2.45, 2.75) is 25.9 Å². The van der Waals surface area contributed by atoms with Gasteiger partial charge in [-0.05, 0) is 30.5 Å². The van der Waals surface area contributed by atoms with E-state index in [9.17, 15) is 17.9 Å². The molecule has 1 unspecified atom stereocenters. The minimum Gasteiger partial charge on any atom is -0.388 e. The standard InChI is InChI=1S/C12H16ClFO3S/c1-2-18(16,17)7-3-4-12(15)9-5-6-11(14)10(13)8-9/h5-6,8,12,15H,2-4,7H2,1H3. The van der Waals surface area contributed by atoms with Crippen LogP contribution in [0.5, 0.6) is 0 Å². The average molecular weight is 295 g/mol. The quantitative estimate of drug-likeness (QED) is 0.878. The van der Waals surface area contributed by atoms with Crippen LogP contribution in [0.25, 0.3) is 0 Å². The van der Waals surface area contributed by atoms with E-state index in [0.29, 0.717) is 18.4 Å². The molecule has 0 fully saturated rings. The smallest absolute Gasteiger partial charge is 0.150 e. The molecule has 1 N–H and O–H groups in total. The molecular weight excluding hydrogens is 279 g/mol. The molecule has 0 amide bonds. The van der Waals surface area contributed by atoms with Gasteiger partial charge >= 0.3 is 0 Å². The first kappa shape index (κ1) is 15.4. The van der Waals surface area contributed by atoms with Crippen LogP contribution in [0.15, 0.2) is 18.2 Å². The Morgan fingerprint density at radius 1 is 1.44 bits per heavy atom. The summed E-state index contributed by atoms with van der Waals surface area (Å²) in [5, 5.41) is 9.78. The van der Waals surface area contributed by atoms with E-state index in [0.717, 1.165) is 0 Å². The van der Waals surface area contributed by atoms with Crippen LogP contribution in [0.3, 0.4) is 0 Å². The van der Waals surface area contributed by atoms with E-state index in [2.05, 4.69) is 0 Å². The third-order valence-corrected chi connectivity index (χ3v) is 4.78. The number of halogens is 2. The Labute approximate surface area is 112 Å². The van der Waals surface area contributed by atoms with Crippen LogP contribution < -0.4 is 0 Å². The highest BCUT2D eigenvalue weighted by molar-refractivity contribution is 7.91. The van der Waals surface area contributed by atoms with Crippen molar-refractivity contribution in [1.82, 2.24) is 0 Å². The maximum absolute atomic E-state index is 12.9. The molecule has 0 spiro atoms. The lowest BCUT2D eigenvalue weighted by Crippen LogP contribution is -2.10. The normalized spacial score (nSPS) is 13.6. The predicted octanol–water partition coefficient (Wildman–Crippen LogP) is 2.73. The predicted molar refractivity (Wildman–Crippen MR) is 69.9 cm³/mol. The highest BCUT2D eigenvalue weighted by Crippen LogP contribution is 2.23. The third-order valence-electron chi connectivity index (χ3n) is 2.70. The molecule has 0 aliphatic carbocycles. The largest absolute Gasteiger partial charge is 0.388 e. The Bertz CT molecular complexity index is 502. The van der Waals surface area contributed by atoms with Crippen LogP contribution in [-0.4, -0.2) is 25.0 Å². The van der Waals surface area contributed by atoms with Crippen LogP contribution in [0, 0.1) is 5.82 Å². The fraction of sp³-hybridized carbons (Fsp3) is 0.500. The Morgan fingerprint density at radius 2 is 2.11 bits per heavy atom. The summed E-state index contributed by atoms with van der Waals surface area (Å²) in [6.45, 7) is 1.59. The van der Waals surface area contributed by atoms with Gasteiger partial charge in [0, 0.05) is 5.75 Å². The Kier molecular flexibility index (Phi) is 5.56. The highest BCUT2D eigenvalue weighted by Gasteiger charge is 2.12. The van der Waals surface area contributed by atoms with Crippen LogP contribution in [0.2, 0.25) is 5.02 Å². The fourth-order valence-electron chi connectivity index (χ4n) is 1.53. The topological polar surface area (TPSA) is 54.4 Å². The lowest BCUT2D eigenvalue weighted by atomic mass is 10.1. The van der Waals surface area contributed by atoms with Crippen molar-refractivity contribution in [2.24, 2.45) is 0 Å². The number of hydrogen-bond donors (Lipinski definition) is 1. The van der Waals surface area contributed by atoms with E-state index in [1.165, 1.54) is 18.2 Å². The van der Waals surface area contributed by atoms with Crippen LogP contribution >= 0.6 is 11.6 Å². The minimum atomic E-state index is -3.01. The first-order valence-electron chi connectivity index (χ1n) is 5.69. The zero-order valence-electron chi connectivity index (χ0n) is 10.1. The van der Waals surface area contributed by atoms with Gasteiger partial charge in [0.2, 0.25) is 0 Å². The molecular formula is C12H16ClFO3S. The van der Waals surface area contributed by atoms with Crippen molar-refractivity contribution in [3.05, 3.63) is 34.6 Å². The number of aliphatic hydroxyl groups is 1. The third kappa shape index (κ3) is 4.55. The van der Waals surface area contributed by atoms with Gasteiger partial charge in [-0.15, -0.1) is 0 Å². The lowest BCUT2D eigenvalue weighted by molar-refractivity contribution is 0.166. The van der Waals surface area contributed by atoms with Crippen molar-refractivity contribution in [3.63, 3.8) is 0 Å². The molecule has 6 heteroatoms. The summed E-state index contributed by atoms with van der Waals surface area (Å²) in [5.74, 6) is -0.387. The maximum Gasteiger partial charge on any atom is 0.150 e. The molecule has 0 saturated heterocycles. The molecule has 1 aromatic carbocycles. The SMILES string of the molecule is CCS(=O)(=O)CCCC(O)c1ccc(F)c(Cl)c1. The summed E-state index contributed by atoms with van der Waals surface area (Å²) in [5.41, 5.74) is 0.496. The van der Waals surface area contributed by atoms with Gasteiger partial charge in [0.15, 0.2) is 0 Å². The molecule has 0 aromatic heterocycles. The van der Waals surface area contributed by atoms with Crippen LogP contribution in [0.4, 0.5) is 4.39 Å². The second-order valence-electron chi connectivity index (χ2n) is 4.07. The van der Waals surface area contributed by atoms with E-state index in [4.69, 9.17) is 11.6 Å². The molecule has 1 rings (SSSR count). The second-order valence-corrected chi connectivity index (χ2v) is 6.95. The van der Waals surface area contributed by atoms with E-state index in [1.807, 2.05) is 0 Å². The number of hydrogen-bond acceptors (Lipinski definition) is 3. The summed E-state index contributed by atoms with van der Waals surface area (Å²) in [6, 6.07) is 3.99. The number of benzene rings is 1. The summed E-state index contributed by atoms with van der Waals surface area (Å²) < 4.78 is 35.5. The van der Waals surface area contributed by atoms with Gasteiger partial charge in [-0.1, -0.05) is 24.6 Å². The number of rotatable bonds is 6. The molecule has 0 aliphatic rings. The Balaban J connectivity index is 2.55. The summed E-state index contributed by atoms with van der Waals surface area (Å²) in [6.07, 6.45) is -0.150. The number of sulfone groups is 1. The molecule has 0 saturated carbocycles. The Morgan fingerprint density at radius 3 is 2.67 bits per heavy atom. The summed E-state index contributed by atoms with van der Waals surface area (Å²) >= 11 is 5.60. The minimum absolute atomic E-state index is 0.0484. The van der Waals surface area contributed by atoms with Gasteiger partial charge in [0.25, 0.3) is 0 Å². The average Bonchev–Trinajstić information content (AvgIpc) is 2.32. The summed E-state index contributed by atoms with van der Waals surface area (Å²) in [7, 11) is -3.01. The van der Waals surface area contributed by atoms with Crippen molar-refractivity contribution >= 4 is 21.4 Å². The van der Waals surface area contributed by atoms with Crippen LogP contribution in [0.1, 0.15) is 31.4 Å². The zero-order chi connectivity index (χ0) is 13.8. The second kappa shape index (κ2) is 6.50. The molecule has 0 radical (unpaired) electrons. The van der Waals surface area contributed by atoms with Crippen molar-refractivity contribution in [1.29, 1.82) is 0 Å². The molecule has 18 heavy (non-hydrogen) atoms. The molecule has 1 aromatic rings. The monoisotopic (exact) mass is 294 g/mol. The van der Waals surface area contributed by atoms with Crippen LogP contribution in [-0.2, 0) is 9.84 Å². The van der Waals surface area contributed by atoms with Gasteiger partial charge < -0.3 is 5.11 Å². The van der Waals surface area contributed by atoms with E-state index >= 15 is 0 Å². The van der Waals surface area contributed by atoms with E-state index in [-0.39, 0.29) is 16.5 Å². The summed E-state index contributed by atoms with van der Waals surface area (Å²) in [4.78, 5) is 0. The molecule has 0 bridgehead atoms. The fourth-order valence-corrected chi connectivity index (χ4v) is 2.61. The molecule has 0 heterocycles. The Hall–Kier alpha value is -0.650. The molecule has 0 aliphatic heterocycles. The highest BCUT2D eigenvalue weighted by atomic mass is 35.5. The number of aliphatic hydroxyl groups excluding tert-OH is 1. The van der Waals surface area contributed by atoms with Gasteiger partial charge in [0.05, 0.1) is 16.9 Å². The van der Waals surface area contributed by atoms with Gasteiger partial charge in [-0.3, -0.25) is 0 Å². The first-order chi connectivity index (χ1) is 8.35. The van der Waals surface area contributed by atoms with Crippen molar-refractivity contribution in [3.8, 4) is 0 Å². The molecule has 102 valence electrons. The van der Waals surface area contributed by atoms with E-state index < -0.39 is 21.8 Å². The molecule has 1 atom stereocenters. The van der Waals surface area contributed by atoms with Crippen molar-refractivity contribution < 1.29 is 17.9 Å². The van der Waals surface area contributed by atoms with Gasteiger partial charge in [0.1, 0.15) is 15.7 Å². The van der Waals surface area contributed by atoms with Gasteiger partial charge in [-0.2, -0.15) is 0 Å². The zero-order valence-corrected chi connectivity index (χ0v) is 11.6. The van der Waals surface area contributed by atoms with Gasteiger partial charge in [-0.25, -0.2) is 12.8 Å². The van der Waals surface area contributed by atoms with Crippen molar-refractivity contribution in [2.75, 3.05) is 11.5 Å². The molecule has 3 nitrogen and oxygen atoms in total.